The van der Waals surface area contributed by atoms with E-state index in [2.05, 4.69) is 52.1 Å². The average molecular weight is 558 g/mol. The number of halogens is 4. The molecule has 0 aromatic heterocycles. The van der Waals surface area contributed by atoms with Crippen LogP contribution in [0.1, 0.15) is 0 Å². The third-order valence-electron chi connectivity index (χ3n) is 0. The van der Waals surface area contributed by atoms with Gasteiger partial charge in [0.1, 0.15) is 0 Å². The molecule has 7 heteroatoms. The minimum absolute atomic E-state index is 0. The molecule has 0 heterocycles. The van der Waals surface area contributed by atoms with Crippen molar-refractivity contribution >= 4 is 52.1 Å². The molecular formula is H2AuBr4NaO. The van der Waals surface area contributed by atoms with Gasteiger partial charge in [-0.2, -0.15) is 0 Å². The van der Waals surface area contributed by atoms with Crippen molar-refractivity contribution in [1.29, 1.82) is 0 Å². The zero-order valence-corrected chi connectivity index (χ0v) is 13.8. The van der Waals surface area contributed by atoms with Crippen LogP contribution in [0.4, 0.5) is 0 Å². The summed E-state index contributed by atoms with van der Waals surface area (Å²) in [5.41, 5.74) is 0. The zero-order chi connectivity index (χ0) is 4.50. The molecule has 0 saturated heterocycles. The topological polar surface area (TPSA) is 31.5 Å². The molecule has 0 aliphatic carbocycles. The summed E-state index contributed by atoms with van der Waals surface area (Å²) in [5.74, 6) is 0. The van der Waals surface area contributed by atoms with Gasteiger partial charge in [-0.1, -0.05) is 0 Å². The monoisotopic (exact) mass is 554 g/mol. The fourth-order valence-electron chi connectivity index (χ4n) is 0. The molecule has 0 aliphatic heterocycles. The van der Waals surface area contributed by atoms with Crippen LogP contribution < -0.4 is 29.6 Å². The van der Waals surface area contributed by atoms with E-state index >= 15 is 0 Å². The predicted molar refractivity (Wildman–Crippen MR) is 39.3 cm³/mol. The fraction of sp³-hybridized carbons (Fsp3) is 0. The maximum atomic E-state index is 3.30. The van der Waals surface area contributed by atoms with Crippen molar-refractivity contribution in [2.75, 3.05) is 0 Å². The van der Waals surface area contributed by atoms with Crippen molar-refractivity contribution in [3.63, 3.8) is 0 Å². The summed E-state index contributed by atoms with van der Waals surface area (Å²) >= 11 is 13.2. The van der Waals surface area contributed by atoms with Crippen molar-refractivity contribution in [2.24, 2.45) is 0 Å². The second-order valence-corrected chi connectivity index (χ2v) is 57.1. The average Bonchev–Trinajstić information content (AvgIpc) is 0.722. The van der Waals surface area contributed by atoms with Crippen LogP contribution in [0.2, 0.25) is 0 Å². The molecule has 0 aliphatic rings. The summed E-state index contributed by atoms with van der Waals surface area (Å²) in [6.07, 6.45) is 0. The molecule has 0 fully saturated rings. The summed E-state index contributed by atoms with van der Waals surface area (Å²) in [6, 6.07) is 0. The molecule has 48 valence electrons. The number of hydrogen-bond acceptors (Lipinski definition) is 0. The Kier molecular flexibility index (Phi) is 18.7. The van der Waals surface area contributed by atoms with Crippen molar-refractivity contribution in [2.45, 2.75) is 0 Å². The third kappa shape index (κ3) is 42.6. The molecule has 0 spiro atoms. The minimum atomic E-state index is -1.64. The largest absolute Gasteiger partial charge is 1.00 e. The van der Waals surface area contributed by atoms with Crippen molar-refractivity contribution in [3.05, 3.63) is 0 Å². The van der Waals surface area contributed by atoms with E-state index in [1.54, 1.807) is 0 Å². The Bertz CT molecular complexity index is 27.2. The van der Waals surface area contributed by atoms with Gasteiger partial charge >= 0.3 is 90.2 Å². The first-order valence-electron chi connectivity index (χ1n) is 0.456. The molecule has 0 saturated carbocycles. The Hall–Kier alpha value is 3.62. The second-order valence-electron chi connectivity index (χ2n) is 0.258. The van der Waals surface area contributed by atoms with Gasteiger partial charge in [0.25, 0.3) is 0 Å². The Morgan fingerprint density at radius 2 is 0.857 bits per heavy atom. The first-order chi connectivity index (χ1) is 2.00. The standard InChI is InChI=1S/Au.4BrH.Na.H2O/h;4*1H;;1H2/q+3;;;;;+1;/p-4. The Morgan fingerprint density at radius 3 is 0.857 bits per heavy atom. The molecule has 0 radical (unpaired) electrons. The first kappa shape index (κ1) is 16.9. The molecule has 7 heavy (non-hydrogen) atoms. The Morgan fingerprint density at radius 1 is 0.857 bits per heavy atom. The quantitative estimate of drug-likeness (QED) is 0.362. The molecule has 0 atom stereocenters. The second kappa shape index (κ2) is 7.72. The minimum Gasteiger partial charge on any atom is 1.00 e. The van der Waals surface area contributed by atoms with Gasteiger partial charge in [0.15, 0.2) is 0 Å². The van der Waals surface area contributed by atoms with E-state index in [0.29, 0.717) is 0 Å². The number of rotatable bonds is 0. The van der Waals surface area contributed by atoms with Crippen molar-refractivity contribution in [1.82, 2.24) is 0 Å². The summed E-state index contributed by atoms with van der Waals surface area (Å²) in [4.78, 5) is 0. The van der Waals surface area contributed by atoms with Gasteiger partial charge < -0.3 is 5.48 Å². The molecule has 0 unspecified atom stereocenters. The van der Waals surface area contributed by atoms with E-state index in [-0.39, 0.29) is 35.0 Å². The summed E-state index contributed by atoms with van der Waals surface area (Å²) in [7, 11) is -1.64. The maximum absolute atomic E-state index is 3.30. The smallest absolute Gasteiger partial charge is 1.00 e. The van der Waals surface area contributed by atoms with Crippen molar-refractivity contribution < 1.29 is 43.6 Å². The van der Waals surface area contributed by atoms with Gasteiger partial charge in [-0.15, -0.1) is 0 Å². The zero-order valence-electron chi connectivity index (χ0n) is 3.31. The summed E-state index contributed by atoms with van der Waals surface area (Å²) < 4.78 is 0. The fourth-order valence-corrected chi connectivity index (χ4v) is 0. The predicted octanol–water partition coefficient (Wildman–Crippen LogP) is -0.441. The summed E-state index contributed by atoms with van der Waals surface area (Å²) in [5, 5.41) is 0. The van der Waals surface area contributed by atoms with E-state index in [1.807, 2.05) is 0 Å². The maximum Gasteiger partial charge on any atom is 1.00 e. The van der Waals surface area contributed by atoms with E-state index in [0.717, 1.165) is 0 Å². The molecule has 0 amide bonds. The van der Waals surface area contributed by atoms with Gasteiger partial charge in [-0.05, 0) is 0 Å². The molecule has 0 bridgehead atoms. The molecular weight excluding hydrogens is 556 g/mol. The molecule has 0 aromatic carbocycles. The SMILES string of the molecule is O.[Br][Au-]([Br])([Br])[Br].[Na+]. The van der Waals surface area contributed by atoms with Gasteiger partial charge in [0, 0.05) is 0 Å². The van der Waals surface area contributed by atoms with Gasteiger partial charge in [-0.3, -0.25) is 0 Å². The molecule has 2 N–H and O–H groups in total. The Labute approximate surface area is 93.3 Å². The number of hydrogen-bond donors (Lipinski definition) is 0. The molecule has 0 rings (SSSR count). The summed E-state index contributed by atoms with van der Waals surface area (Å²) in [6.45, 7) is 0. The van der Waals surface area contributed by atoms with Gasteiger partial charge in [0.05, 0.1) is 0 Å². The van der Waals surface area contributed by atoms with Crippen LogP contribution in [-0.2, 0) is 8.59 Å². The normalized spacial score (nSPS) is 10.9. The van der Waals surface area contributed by atoms with Crippen molar-refractivity contribution in [3.8, 4) is 0 Å². The van der Waals surface area contributed by atoms with E-state index in [9.17, 15) is 0 Å². The van der Waals surface area contributed by atoms with Crippen LogP contribution in [0.5, 0.6) is 0 Å². The van der Waals surface area contributed by atoms with Crippen LogP contribution >= 0.6 is 52.1 Å². The van der Waals surface area contributed by atoms with Gasteiger partial charge in [-0.25, -0.2) is 0 Å². The van der Waals surface area contributed by atoms with Crippen LogP contribution in [0, 0.1) is 0 Å². The van der Waals surface area contributed by atoms with Crippen LogP contribution in [0.15, 0.2) is 0 Å². The third-order valence-corrected chi connectivity index (χ3v) is 0. The molecule has 0 aromatic rings. The Balaban J connectivity index is -0.0000000800. The van der Waals surface area contributed by atoms with Gasteiger partial charge in [0.2, 0.25) is 0 Å². The van der Waals surface area contributed by atoms with E-state index in [1.165, 1.54) is 0 Å². The first-order valence-corrected chi connectivity index (χ1v) is 19.4. The molecule has 1 nitrogen and oxygen atoms in total. The van der Waals surface area contributed by atoms with Crippen LogP contribution in [-0.4, -0.2) is 5.48 Å². The van der Waals surface area contributed by atoms with E-state index < -0.39 is 8.59 Å². The van der Waals surface area contributed by atoms with E-state index in [4.69, 9.17) is 0 Å². The van der Waals surface area contributed by atoms with Crippen LogP contribution in [0.25, 0.3) is 0 Å². The van der Waals surface area contributed by atoms with Crippen LogP contribution in [0.3, 0.4) is 0 Å².